The first kappa shape index (κ1) is 11.3. The van der Waals surface area contributed by atoms with E-state index in [-0.39, 0.29) is 0 Å². The van der Waals surface area contributed by atoms with Crippen molar-refractivity contribution in [1.29, 1.82) is 0 Å². The molecule has 0 bridgehead atoms. The molecule has 2 rings (SSSR count). The molecule has 2 nitrogen and oxygen atoms in total. The van der Waals surface area contributed by atoms with E-state index >= 15 is 0 Å². The molecule has 1 aromatic heterocycles. The SMILES string of the molecule is Cc1cc(C)nc(CC2(O)C=CCCC2)c1. The summed E-state index contributed by atoms with van der Waals surface area (Å²) >= 11 is 0. The smallest absolute Gasteiger partial charge is 0.0883 e. The standard InChI is InChI=1S/C14H19NO/c1-11-8-12(2)15-13(9-11)10-14(16)6-4-3-5-7-14/h4,6,8-9,16H,3,5,7,10H2,1-2H3. The zero-order valence-corrected chi connectivity index (χ0v) is 10.0. The molecule has 1 unspecified atom stereocenters. The molecule has 0 amide bonds. The lowest BCUT2D eigenvalue weighted by molar-refractivity contribution is 0.0741. The largest absolute Gasteiger partial charge is 0.385 e. The maximum atomic E-state index is 10.4. The van der Waals surface area contributed by atoms with Crippen LogP contribution >= 0.6 is 0 Å². The molecule has 1 N–H and O–H groups in total. The first-order valence-corrected chi connectivity index (χ1v) is 5.92. The van der Waals surface area contributed by atoms with Gasteiger partial charge in [0, 0.05) is 17.8 Å². The predicted molar refractivity (Wildman–Crippen MR) is 65.4 cm³/mol. The van der Waals surface area contributed by atoms with Gasteiger partial charge in [-0.25, -0.2) is 0 Å². The second-order valence-corrected chi connectivity index (χ2v) is 4.85. The van der Waals surface area contributed by atoms with Crippen molar-refractivity contribution >= 4 is 0 Å². The lowest BCUT2D eigenvalue weighted by atomic mass is 9.87. The summed E-state index contributed by atoms with van der Waals surface area (Å²) in [4.78, 5) is 4.48. The fourth-order valence-electron chi connectivity index (χ4n) is 2.39. The van der Waals surface area contributed by atoms with Crippen molar-refractivity contribution in [1.82, 2.24) is 4.98 Å². The predicted octanol–water partition coefficient (Wildman–Crippen LogP) is 2.71. The van der Waals surface area contributed by atoms with Crippen molar-refractivity contribution in [3.63, 3.8) is 0 Å². The van der Waals surface area contributed by atoms with E-state index in [0.717, 1.165) is 30.7 Å². The maximum absolute atomic E-state index is 10.4. The first-order chi connectivity index (χ1) is 7.57. The van der Waals surface area contributed by atoms with Crippen molar-refractivity contribution in [2.75, 3.05) is 0 Å². The van der Waals surface area contributed by atoms with Gasteiger partial charge in [0.2, 0.25) is 0 Å². The van der Waals surface area contributed by atoms with Crippen LogP contribution in [0.15, 0.2) is 24.3 Å². The van der Waals surface area contributed by atoms with Gasteiger partial charge in [0.25, 0.3) is 0 Å². The Hall–Kier alpha value is -1.15. The average molecular weight is 217 g/mol. The molecular formula is C14H19NO. The van der Waals surface area contributed by atoms with Crippen LogP contribution in [0.4, 0.5) is 0 Å². The molecule has 1 atom stereocenters. The Bertz CT molecular complexity index is 391. The molecule has 0 aromatic carbocycles. The molecule has 16 heavy (non-hydrogen) atoms. The summed E-state index contributed by atoms with van der Waals surface area (Å²) < 4.78 is 0. The van der Waals surface area contributed by atoms with Gasteiger partial charge in [-0.1, -0.05) is 12.2 Å². The Kier molecular flexibility index (Phi) is 3.10. The number of hydrogen-bond acceptors (Lipinski definition) is 2. The van der Waals surface area contributed by atoms with Crippen molar-refractivity contribution in [3.8, 4) is 0 Å². The molecule has 1 aromatic rings. The minimum Gasteiger partial charge on any atom is -0.385 e. The summed E-state index contributed by atoms with van der Waals surface area (Å²) in [6.07, 6.45) is 7.65. The molecule has 0 fully saturated rings. The van der Waals surface area contributed by atoms with Gasteiger partial charge in [0.15, 0.2) is 0 Å². The summed E-state index contributed by atoms with van der Waals surface area (Å²) in [5.74, 6) is 0. The summed E-state index contributed by atoms with van der Waals surface area (Å²) in [6.45, 7) is 4.07. The number of aliphatic hydroxyl groups is 1. The molecule has 0 spiro atoms. The van der Waals surface area contributed by atoms with Crippen molar-refractivity contribution in [3.05, 3.63) is 41.2 Å². The third-order valence-corrected chi connectivity index (χ3v) is 3.05. The number of hydrogen-bond donors (Lipinski definition) is 1. The van der Waals surface area contributed by atoms with E-state index in [9.17, 15) is 5.11 Å². The number of rotatable bonds is 2. The number of aromatic nitrogens is 1. The Morgan fingerprint density at radius 3 is 2.81 bits per heavy atom. The minimum atomic E-state index is -0.675. The molecule has 2 heteroatoms. The quantitative estimate of drug-likeness (QED) is 0.773. The van der Waals surface area contributed by atoms with Crippen molar-refractivity contribution in [2.45, 2.75) is 45.1 Å². The van der Waals surface area contributed by atoms with E-state index in [1.165, 1.54) is 5.56 Å². The highest BCUT2D eigenvalue weighted by Gasteiger charge is 2.26. The monoisotopic (exact) mass is 217 g/mol. The number of allylic oxidation sites excluding steroid dienone is 1. The van der Waals surface area contributed by atoms with Crippen molar-refractivity contribution < 1.29 is 5.11 Å². The van der Waals surface area contributed by atoms with E-state index in [1.807, 2.05) is 13.0 Å². The highest BCUT2D eigenvalue weighted by atomic mass is 16.3. The van der Waals surface area contributed by atoms with Crippen LogP contribution in [0.3, 0.4) is 0 Å². The maximum Gasteiger partial charge on any atom is 0.0883 e. The van der Waals surface area contributed by atoms with Gasteiger partial charge in [0.1, 0.15) is 0 Å². The second kappa shape index (κ2) is 4.38. The van der Waals surface area contributed by atoms with Crippen LogP contribution in [0, 0.1) is 13.8 Å². The first-order valence-electron chi connectivity index (χ1n) is 5.92. The van der Waals surface area contributed by atoms with E-state index in [0.29, 0.717) is 6.42 Å². The highest BCUT2D eigenvalue weighted by molar-refractivity contribution is 5.22. The average Bonchev–Trinajstić information content (AvgIpc) is 2.15. The third-order valence-electron chi connectivity index (χ3n) is 3.05. The molecule has 0 radical (unpaired) electrons. The summed E-state index contributed by atoms with van der Waals surface area (Å²) in [6, 6.07) is 4.12. The van der Waals surface area contributed by atoms with Gasteiger partial charge >= 0.3 is 0 Å². The zero-order chi connectivity index (χ0) is 11.6. The fourth-order valence-corrected chi connectivity index (χ4v) is 2.39. The van der Waals surface area contributed by atoms with Crippen LogP contribution in [0.2, 0.25) is 0 Å². The van der Waals surface area contributed by atoms with Gasteiger partial charge in [-0.2, -0.15) is 0 Å². The van der Waals surface area contributed by atoms with Gasteiger partial charge in [-0.15, -0.1) is 0 Å². The van der Waals surface area contributed by atoms with Gasteiger partial charge in [-0.05, 0) is 50.8 Å². The number of nitrogens with zero attached hydrogens (tertiary/aromatic N) is 1. The minimum absolute atomic E-state index is 0.631. The van der Waals surface area contributed by atoms with Crippen LogP contribution in [-0.4, -0.2) is 15.7 Å². The molecule has 1 aliphatic rings. The lowest BCUT2D eigenvalue weighted by Crippen LogP contribution is -2.30. The van der Waals surface area contributed by atoms with Crippen LogP contribution < -0.4 is 0 Å². The van der Waals surface area contributed by atoms with Crippen LogP contribution in [0.1, 0.15) is 36.2 Å². The summed E-state index contributed by atoms with van der Waals surface area (Å²) in [5.41, 5.74) is 2.56. The zero-order valence-electron chi connectivity index (χ0n) is 10.0. The van der Waals surface area contributed by atoms with Gasteiger partial charge < -0.3 is 5.11 Å². The number of aryl methyl sites for hydroxylation is 2. The van der Waals surface area contributed by atoms with E-state index in [2.05, 4.69) is 30.1 Å². The Morgan fingerprint density at radius 2 is 2.19 bits per heavy atom. The van der Waals surface area contributed by atoms with Crippen molar-refractivity contribution in [2.24, 2.45) is 0 Å². The third kappa shape index (κ3) is 2.70. The fraction of sp³-hybridized carbons (Fsp3) is 0.500. The van der Waals surface area contributed by atoms with Crippen LogP contribution in [0.25, 0.3) is 0 Å². The molecule has 1 aliphatic carbocycles. The Labute approximate surface area is 97.0 Å². The second-order valence-electron chi connectivity index (χ2n) is 4.85. The van der Waals surface area contributed by atoms with Gasteiger partial charge in [0.05, 0.1) is 5.60 Å². The Morgan fingerprint density at radius 1 is 1.38 bits per heavy atom. The van der Waals surface area contributed by atoms with E-state index in [1.54, 1.807) is 0 Å². The van der Waals surface area contributed by atoms with Gasteiger partial charge in [-0.3, -0.25) is 4.98 Å². The van der Waals surface area contributed by atoms with E-state index < -0.39 is 5.60 Å². The lowest BCUT2D eigenvalue weighted by Gasteiger charge is -2.27. The molecular weight excluding hydrogens is 198 g/mol. The van der Waals surface area contributed by atoms with Crippen LogP contribution in [0.5, 0.6) is 0 Å². The molecule has 86 valence electrons. The Balaban J connectivity index is 2.19. The molecule has 0 aliphatic heterocycles. The molecule has 0 saturated carbocycles. The molecule has 0 saturated heterocycles. The summed E-state index contributed by atoms with van der Waals surface area (Å²) in [5, 5.41) is 10.4. The molecule has 1 heterocycles. The topological polar surface area (TPSA) is 33.1 Å². The summed E-state index contributed by atoms with van der Waals surface area (Å²) in [7, 11) is 0. The normalized spacial score (nSPS) is 24.7. The highest BCUT2D eigenvalue weighted by Crippen LogP contribution is 2.25. The van der Waals surface area contributed by atoms with Crippen LogP contribution in [-0.2, 0) is 6.42 Å². The number of pyridine rings is 1. The van der Waals surface area contributed by atoms with E-state index in [4.69, 9.17) is 0 Å².